The number of aromatic nitrogens is 1. The van der Waals surface area contributed by atoms with Gasteiger partial charge < -0.3 is 10.6 Å². The first-order valence-electron chi connectivity index (χ1n) is 6.30. The van der Waals surface area contributed by atoms with Crippen LogP contribution in [0.2, 0.25) is 0 Å². The highest BCUT2D eigenvalue weighted by Gasteiger charge is 2.17. The number of halogens is 1. The van der Waals surface area contributed by atoms with E-state index in [0.717, 1.165) is 9.48 Å². The highest BCUT2D eigenvalue weighted by Crippen LogP contribution is 2.21. The third-order valence-corrected chi connectivity index (χ3v) is 4.33. The van der Waals surface area contributed by atoms with Crippen molar-refractivity contribution < 1.29 is 9.59 Å². The second-order valence-electron chi connectivity index (χ2n) is 4.34. The Bertz CT molecular complexity index is 630. The van der Waals surface area contributed by atoms with E-state index in [4.69, 9.17) is 0 Å². The van der Waals surface area contributed by atoms with Crippen LogP contribution in [0.1, 0.15) is 22.3 Å². The van der Waals surface area contributed by atoms with Crippen LogP contribution in [0.3, 0.4) is 0 Å². The lowest BCUT2D eigenvalue weighted by atomic mass is 10.3. The van der Waals surface area contributed by atoms with E-state index in [1.807, 2.05) is 18.2 Å². The summed E-state index contributed by atoms with van der Waals surface area (Å²) in [6.45, 7) is 1.98. The summed E-state index contributed by atoms with van der Waals surface area (Å²) in [5.74, 6) is -0.504. The summed E-state index contributed by atoms with van der Waals surface area (Å²) >= 11 is 4.62. The molecule has 0 radical (unpaired) electrons. The molecule has 2 N–H and O–H groups in total. The van der Waals surface area contributed by atoms with Crippen molar-refractivity contribution >= 4 is 39.1 Å². The minimum atomic E-state index is -0.609. The monoisotopic (exact) mass is 367 g/mol. The van der Waals surface area contributed by atoms with Gasteiger partial charge in [0.25, 0.3) is 5.91 Å². The molecule has 0 fully saturated rings. The van der Waals surface area contributed by atoms with Crippen LogP contribution in [0.25, 0.3) is 0 Å². The fraction of sp³-hybridized carbons (Fsp3) is 0.214. The quantitative estimate of drug-likeness (QED) is 0.851. The molecule has 2 rings (SSSR count). The maximum absolute atomic E-state index is 11.9. The Morgan fingerprint density at radius 1 is 1.33 bits per heavy atom. The van der Waals surface area contributed by atoms with Crippen LogP contribution < -0.4 is 10.6 Å². The van der Waals surface area contributed by atoms with E-state index in [1.165, 1.54) is 11.3 Å². The number of hydrogen-bond donors (Lipinski definition) is 2. The molecule has 0 saturated heterocycles. The lowest BCUT2D eigenvalue weighted by Gasteiger charge is -2.13. The molecule has 0 saturated carbocycles. The van der Waals surface area contributed by atoms with Crippen LogP contribution in [0.5, 0.6) is 0 Å². The molecule has 110 valence electrons. The van der Waals surface area contributed by atoms with Crippen molar-refractivity contribution in [2.45, 2.75) is 19.5 Å². The average molecular weight is 368 g/mol. The highest BCUT2D eigenvalue weighted by molar-refractivity contribution is 9.11. The van der Waals surface area contributed by atoms with Gasteiger partial charge in [-0.15, -0.1) is 11.3 Å². The molecule has 1 atom stereocenters. The molecule has 2 amide bonds. The number of pyridine rings is 1. The van der Waals surface area contributed by atoms with Gasteiger partial charge >= 0.3 is 0 Å². The van der Waals surface area contributed by atoms with Crippen LogP contribution in [0.4, 0.5) is 0 Å². The maximum Gasteiger partial charge on any atom is 0.262 e. The van der Waals surface area contributed by atoms with Crippen molar-refractivity contribution in [2.24, 2.45) is 0 Å². The first kappa shape index (κ1) is 15.7. The Labute approximate surface area is 134 Å². The highest BCUT2D eigenvalue weighted by atomic mass is 79.9. The van der Waals surface area contributed by atoms with Crippen LogP contribution in [-0.2, 0) is 11.3 Å². The summed E-state index contributed by atoms with van der Waals surface area (Å²) in [7, 11) is 0. The van der Waals surface area contributed by atoms with Crippen LogP contribution in [0.15, 0.2) is 40.3 Å². The Balaban J connectivity index is 1.83. The summed E-state index contributed by atoms with van der Waals surface area (Å²) in [6, 6.07) is 8.39. The largest absolute Gasteiger partial charge is 0.349 e. The zero-order valence-electron chi connectivity index (χ0n) is 11.3. The van der Waals surface area contributed by atoms with Crippen molar-refractivity contribution in [1.82, 2.24) is 15.6 Å². The molecule has 2 heterocycles. The summed E-state index contributed by atoms with van der Waals surface area (Å²) < 4.78 is 0.875. The zero-order chi connectivity index (χ0) is 15.2. The number of hydrogen-bond acceptors (Lipinski definition) is 4. The lowest BCUT2D eigenvalue weighted by molar-refractivity contribution is -0.122. The van der Waals surface area contributed by atoms with Crippen LogP contribution in [0, 0.1) is 0 Å². The summed E-state index contributed by atoms with van der Waals surface area (Å²) in [4.78, 5) is 28.5. The van der Waals surface area contributed by atoms with E-state index in [1.54, 1.807) is 25.3 Å². The second kappa shape index (κ2) is 7.33. The first-order chi connectivity index (χ1) is 10.1. The number of nitrogens with zero attached hydrogens (tertiary/aromatic N) is 1. The third-order valence-electron chi connectivity index (χ3n) is 2.71. The van der Waals surface area contributed by atoms with Gasteiger partial charge in [-0.2, -0.15) is 0 Å². The number of amides is 2. The van der Waals surface area contributed by atoms with Gasteiger partial charge in [-0.3, -0.25) is 14.6 Å². The Hall–Kier alpha value is -1.73. The Morgan fingerprint density at radius 3 is 2.76 bits per heavy atom. The number of nitrogens with one attached hydrogen (secondary N) is 2. The molecule has 0 spiro atoms. The molecule has 5 nitrogen and oxygen atoms in total. The third kappa shape index (κ3) is 4.64. The van der Waals surface area contributed by atoms with Crippen LogP contribution in [-0.4, -0.2) is 22.8 Å². The van der Waals surface area contributed by atoms with E-state index < -0.39 is 6.04 Å². The van der Waals surface area contributed by atoms with Crippen molar-refractivity contribution in [1.29, 1.82) is 0 Å². The summed E-state index contributed by atoms with van der Waals surface area (Å²) in [5, 5.41) is 5.40. The molecule has 1 unspecified atom stereocenters. The van der Waals surface area contributed by atoms with Gasteiger partial charge in [0.15, 0.2) is 0 Å². The average Bonchev–Trinajstić information content (AvgIpc) is 2.92. The minimum absolute atomic E-state index is 0.246. The zero-order valence-corrected chi connectivity index (χ0v) is 13.7. The van der Waals surface area contributed by atoms with E-state index >= 15 is 0 Å². The SMILES string of the molecule is CC(NC(=O)c1ccc(Br)s1)C(=O)NCc1ccccn1. The lowest BCUT2D eigenvalue weighted by Crippen LogP contribution is -2.44. The molecule has 7 heteroatoms. The minimum Gasteiger partial charge on any atom is -0.349 e. The molecular weight excluding hydrogens is 354 g/mol. The van der Waals surface area contributed by atoms with Crippen molar-refractivity contribution in [3.8, 4) is 0 Å². The second-order valence-corrected chi connectivity index (χ2v) is 6.80. The number of carbonyl (C=O) groups excluding carboxylic acids is 2. The molecule has 21 heavy (non-hydrogen) atoms. The van der Waals surface area contributed by atoms with Gasteiger partial charge in [-0.25, -0.2) is 0 Å². The molecule has 2 aromatic heterocycles. The van der Waals surface area contributed by atoms with E-state index in [-0.39, 0.29) is 11.8 Å². The topological polar surface area (TPSA) is 71.1 Å². The smallest absolute Gasteiger partial charge is 0.262 e. The molecular formula is C14H14BrN3O2S. The van der Waals surface area contributed by atoms with E-state index in [2.05, 4.69) is 31.5 Å². The normalized spacial score (nSPS) is 11.7. The molecule has 0 aliphatic heterocycles. The van der Waals surface area contributed by atoms with E-state index in [0.29, 0.717) is 11.4 Å². The fourth-order valence-corrected chi connectivity index (χ4v) is 2.89. The molecule has 0 aliphatic carbocycles. The number of thiophene rings is 1. The molecule has 0 aromatic carbocycles. The van der Waals surface area contributed by atoms with Gasteiger partial charge in [0.1, 0.15) is 6.04 Å². The molecule has 0 bridgehead atoms. The van der Waals surface area contributed by atoms with Gasteiger partial charge in [-0.1, -0.05) is 6.07 Å². The van der Waals surface area contributed by atoms with Gasteiger partial charge in [-0.05, 0) is 47.1 Å². The first-order valence-corrected chi connectivity index (χ1v) is 7.91. The standard InChI is InChI=1S/C14H14BrN3O2S/c1-9(18-14(20)11-5-6-12(15)21-11)13(19)17-8-10-4-2-3-7-16-10/h2-7,9H,8H2,1H3,(H,17,19)(H,18,20). The number of rotatable bonds is 5. The molecule has 2 aromatic rings. The van der Waals surface area contributed by atoms with Gasteiger partial charge in [0, 0.05) is 6.20 Å². The van der Waals surface area contributed by atoms with Crippen LogP contribution >= 0.6 is 27.3 Å². The van der Waals surface area contributed by atoms with Crippen molar-refractivity contribution in [3.05, 3.63) is 50.9 Å². The van der Waals surface area contributed by atoms with Crippen molar-refractivity contribution in [3.63, 3.8) is 0 Å². The predicted octanol–water partition coefficient (Wildman–Crippen LogP) is 2.34. The Morgan fingerprint density at radius 2 is 2.14 bits per heavy atom. The fourth-order valence-electron chi connectivity index (χ4n) is 1.60. The molecule has 0 aliphatic rings. The maximum atomic E-state index is 11.9. The van der Waals surface area contributed by atoms with Crippen molar-refractivity contribution in [2.75, 3.05) is 0 Å². The van der Waals surface area contributed by atoms with Gasteiger partial charge in [0.2, 0.25) is 5.91 Å². The summed E-state index contributed by atoms with van der Waals surface area (Å²) in [6.07, 6.45) is 1.67. The summed E-state index contributed by atoms with van der Waals surface area (Å²) in [5.41, 5.74) is 0.770. The van der Waals surface area contributed by atoms with Gasteiger partial charge in [0.05, 0.1) is 20.9 Å². The Kier molecular flexibility index (Phi) is 5.46. The predicted molar refractivity (Wildman–Crippen MR) is 85.0 cm³/mol. The van der Waals surface area contributed by atoms with E-state index in [9.17, 15) is 9.59 Å². The number of carbonyl (C=O) groups is 2.